The van der Waals surface area contributed by atoms with Crippen molar-refractivity contribution in [3.8, 4) is 0 Å². The number of nitrogens with zero attached hydrogens (tertiary/aromatic N) is 2. The molecule has 0 aromatic heterocycles. The van der Waals surface area contributed by atoms with Crippen LogP contribution in [0.5, 0.6) is 0 Å². The third-order valence-corrected chi connectivity index (χ3v) is 3.92. The predicted octanol–water partition coefficient (Wildman–Crippen LogP) is 3.53. The van der Waals surface area contributed by atoms with Crippen molar-refractivity contribution in [3.05, 3.63) is 70.2 Å². The van der Waals surface area contributed by atoms with E-state index < -0.39 is 0 Å². The van der Waals surface area contributed by atoms with Crippen molar-refractivity contribution in [1.29, 1.82) is 0 Å². The van der Waals surface area contributed by atoms with Gasteiger partial charge in [0.2, 0.25) is 0 Å². The first-order valence-corrected chi connectivity index (χ1v) is 8.37. The van der Waals surface area contributed by atoms with Gasteiger partial charge in [-0.1, -0.05) is 35.9 Å². The van der Waals surface area contributed by atoms with Crippen molar-refractivity contribution in [3.63, 3.8) is 0 Å². The lowest BCUT2D eigenvalue weighted by Crippen LogP contribution is -2.36. The topological polar surface area (TPSA) is 56.7 Å². The van der Waals surface area contributed by atoms with Crippen LogP contribution in [0, 0.1) is 0 Å². The highest BCUT2D eigenvalue weighted by Gasteiger charge is 2.07. The van der Waals surface area contributed by atoms with Gasteiger partial charge in [0.05, 0.1) is 0 Å². The third-order valence-electron chi connectivity index (χ3n) is 3.66. The second kappa shape index (κ2) is 11.0. The zero-order chi connectivity index (χ0) is 18.2. The summed E-state index contributed by atoms with van der Waals surface area (Å²) in [6, 6.07) is 15.2. The number of hydrogen-bond acceptors (Lipinski definition) is 2. The number of halogens is 2. The number of hydrogen-bond donors (Lipinski definition) is 2. The molecule has 5 nitrogen and oxygen atoms in total. The van der Waals surface area contributed by atoms with E-state index in [0.717, 1.165) is 16.1 Å². The summed E-state index contributed by atoms with van der Waals surface area (Å²) in [7, 11) is 5.22. The quantitative estimate of drug-likeness (QED) is 0.386. The number of guanidine groups is 1. The van der Waals surface area contributed by atoms with Crippen molar-refractivity contribution < 1.29 is 4.79 Å². The van der Waals surface area contributed by atoms with Gasteiger partial charge in [0, 0.05) is 44.8 Å². The van der Waals surface area contributed by atoms with Crippen LogP contribution in [0.2, 0.25) is 5.02 Å². The smallest absolute Gasteiger partial charge is 0.253 e. The Morgan fingerprint density at radius 2 is 1.42 bits per heavy atom. The fourth-order valence-electron chi connectivity index (χ4n) is 2.22. The molecule has 0 saturated heterocycles. The van der Waals surface area contributed by atoms with Crippen LogP contribution in [0.1, 0.15) is 21.5 Å². The van der Waals surface area contributed by atoms with Crippen molar-refractivity contribution >= 4 is 47.4 Å². The highest BCUT2D eigenvalue weighted by molar-refractivity contribution is 14.0. The average Bonchev–Trinajstić information content (AvgIpc) is 2.63. The van der Waals surface area contributed by atoms with Crippen LogP contribution in [-0.2, 0) is 13.1 Å². The predicted molar refractivity (Wildman–Crippen MR) is 118 cm³/mol. The first kappa shape index (κ1) is 22.2. The number of nitrogens with one attached hydrogen (secondary N) is 2. The summed E-state index contributed by atoms with van der Waals surface area (Å²) < 4.78 is 0. The molecule has 1 amide bonds. The van der Waals surface area contributed by atoms with E-state index in [4.69, 9.17) is 11.6 Å². The zero-order valence-corrected chi connectivity index (χ0v) is 18.2. The maximum Gasteiger partial charge on any atom is 0.253 e. The molecule has 26 heavy (non-hydrogen) atoms. The molecule has 0 heterocycles. The van der Waals surface area contributed by atoms with Gasteiger partial charge in [-0.15, -0.1) is 24.0 Å². The summed E-state index contributed by atoms with van der Waals surface area (Å²) in [5, 5.41) is 7.24. The van der Waals surface area contributed by atoms with Crippen LogP contribution in [0.25, 0.3) is 0 Å². The fraction of sp³-hybridized carbons (Fsp3) is 0.263. The summed E-state index contributed by atoms with van der Waals surface area (Å²) in [6.45, 7) is 1.28. The number of carbonyl (C=O) groups is 1. The van der Waals surface area contributed by atoms with Crippen molar-refractivity contribution in [1.82, 2.24) is 15.5 Å². The molecule has 0 fully saturated rings. The van der Waals surface area contributed by atoms with Gasteiger partial charge < -0.3 is 15.5 Å². The van der Waals surface area contributed by atoms with Gasteiger partial charge in [-0.05, 0) is 35.4 Å². The average molecular weight is 487 g/mol. The van der Waals surface area contributed by atoms with Crippen molar-refractivity contribution in [2.45, 2.75) is 13.1 Å². The van der Waals surface area contributed by atoms with Gasteiger partial charge in [0.1, 0.15) is 0 Å². The summed E-state index contributed by atoms with van der Waals surface area (Å²) >= 11 is 5.89. The monoisotopic (exact) mass is 486 g/mol. The molecule has 0 unspecified atom stereocenters. The van der Waals surface area contributed by atoms with Crippen LogP contribution in [0.4, 0.5) is 0 Å². The molecule has 2 N–H and O–H groups in total. The molecule has 0 bridgehead atoms. The normalized spacial score (nSPS) is 10.7. The van der Waals surface area contributed by atoms with Crippen LogP contribution in [0.15, 0.2) is 53.5 Å². The van der Waals surface area contributed by atoms with Crippen molar-refractivity contribution in [2.75, 3.05) is 21.1 Å². The highest BCUT2D eigenvalue weighted by atomic mass is 127. The van der Waals surface area contributed by atoms with Crippen LogP contribution in [-0.4, -0.2) is 37.9 Å². The summed E-state index contributed by atoms with van der Waals surface area (Å²) in [4.78, 5) is 17.7. The molecular weight excluding hydrogens is 463 g/mol. The second-order valence-corrected chi connectivity index (χ2v) is 6.24. The van der Waals surface area contributed by atoms with E-state index >= 15 is 0 Å². The first-order valence-electron chi connectivity index (χ1n) is 7.99. The van der Waals surface area contributed by atoms with E-state index in [-0.39, 0.29) is 29.9 Å². The van der Waals surface area contributed by atoms with Crippen LogP contribution in [0.3, 0.4) is 0 Å². The Labute approximate surface area is 176 Å². The maximum absolute atomic E-state index is 11.9. The lowest BCUT2D eigenvalue weighted by Gasteiger charge is -2.13. The Kier molecular flexibility index (Phi) is 9.43. The van der Waals surface area contributed by atoms with Gasteiger partial charge in [0.25, 0.3) is 5.91 Å². The molecular formula is C19H24ClIN4O. The molecule has 140 valence electrons. The minimum atomic E-state index is -0.0000462. The van der Waals surface area contributed by atoms with E-state index in [1.54, 1.807) is 26.0 Å². The second-order valence-electron chi connectivity index (χ2n) is 5.80. The van der Waals surface area contributed by atoms with Gasteiger partial charge in [-0.25, -0.2) is 0 Å². The first-order chi connectivity index (χ1) is 12.0. The van der Waals surface area contributed by atoms with Crippen LogP contribution < -0.4 is 10.6 Å². The standard InChI is InChI=1S/C19H23ClN4O.HI/c1-21-19(23-13-15-6-10-17(20)11-7-15)22-12-14-4-8-16(9-5-14)18(25)24(2)3;/h4-11H,12-13H2,1-3H3,(H2,21,22,23);1H. The molecule has 0 aliphatic heterocycles. The summed E-state index contributed by atoms with van der Waals surface area (Å²) in [6.07, 6.45) is 0. The largest absolute Gasteiger partial charge is 0.352 e. The van der Waals surface area contributed by atoms with Gasteiger partial charge in [-0.3, -0.25) is 9.79 Å². The molecule has 2 aromatic rings. The molecule has 0 saturated carbocycles. The zero-order valence-electron chi connectivity index (χ0n) is 15.1. The Morgan fingerprint density at radius 1 is 0.962 bits per heavy atom. The van der Waals surface area contributed by atoms with E-state index in [9.17, 15) is 4.79 Å². The Morgan fingerprint density at radius 3 is 1.85 bits per heavy atom. The molecule has 0 atom stereocenters. The molecule has 7 heteroatoms. The third kappa shape index (κ3) is 6.84. The molecule has 0 spiro atoms. The van der Waals surface area contributed by atoms with E-state index in [1.807, 2.05) is 48.5 Å². The summed E-state index contributed by atoms with van der Waals surface area (Å²) in [5.74, 6) is 0.711. The molecule has 0 aliphatic carbocycles. The van der Waals surface area contributed by atoms with E-state index in [1.165, 1.54) is 0 Å². The van der Waals surface area contributed by atoms with Crippen LogP contribution >= 0.6 is 35.6 Å². The Hall–Kier alpha value is -1.80. The number of benzene rings is 2. The SMILES string of the molecule is CN=C(NCc1ccc(Cl)cc1)NCc1ccc(C(=O)N(C)C)cc1.I. The Bertz CT molecular complexity index is 730. The van der Waals surface area contributed by atoms with Gasteiger partial charge >= 0.3 is 0 Å². The number of rotatable bonds is 5. The molecule has 0 radical (unpaired) electrons. The number of amides is 1. The minimum Gasteiger partial charge on any atom is -0.352 e. The lowest BCUT2D eigenvalue weighted by molar-refractivity contribution is 0.0827. The van der Waals surface area contributed by atoms with E-state index in [0.29, 0.717) is 24.6 Å². The minimum absolute atomic E-state index is 0. The maximum atomic E-state index is 11.9. The summed E-state index contributed by atoms with van der Waals surface area (Å²) in [5.41, 5.74) is 2.88. The Balaban J connectivity index is 0.00000338. The van der Waals surface area contributed by atoms with Crippen molar-refractivity contribution in [2.24, 2.45) is 4.99 Å². The number of aliphatic imine (C=N–C) groups is 1. The highest BCUT2D eigenvalue weighted by Crippen LogP contribution is 2.09. The molecule has 2 aromatic carbocycles. The lowest BCUT2D eigenvalue weighted by atomic mass is 10.1. The van der Waals surface area contributed by atoms with Gasteiger partial charge in [-0.2, -0.15) is 0 Å². The van der Waals surface area contributed by atoms with Gasteiger partial charge in [0.15, 0.2) is 5.96 Å². The number of carbonyl (C=O) groups excluding carboxylic acids is 1. The molecule has 2 rings (SSSR count). The fourth-order valence-corrected chi connectivity index (χ4v) is 2.34. The molecule has 0 aliphatic rings. The van der Waals surface area contributed by atoms with E-state index in [2.05, 4.69) is 15.6 Å².